The highest BCUT2D eigenvalue weighted by Crippen LogP contribution is 2.25. The minimum atomic E-state index is 0.437. The van der Waals surface area contributed by atoms with Crippen LogP contribution in [0.15, 0.2) is 12.3 Å². The van der Waals surface area contributed by atoms with Gasteiger partial charge in [0.1, 0.15) is 0 Å². The summed E-state index contributed by atoms with van der Waals surface area (Å²) in [6.07, 6.45) is 5.72. The molecule has 0 radical (unpaired) electrons. The number of hydrogen-bond donors (Lipinski definition) is 1. The average Bonchev–Trinajstić information content (AvgIpc) is 2.00. The second-order valence-electron chi connectivity index (χ2n) is 3.53. The first kappa shape index (κ1) is 10.5. The van der Waals surface area contributed by atoms with Crippen molar-refractivity contribution >= 4 is 0 Å². The highest BCUT2D eigenvalue weighted by atomic mass is 15.1. The first-order chi connectivity index (χ1) is 5.10. The van der Waals surface area contributed by atoms with Gasteiger partial charge in [-0.25, -0.2) is 0 Å². The summed E-state index contributed by atoms with van der Waals surface area (Å²) in [4.78, 5) is 2.23. The van der Waals surface area contributed by atoms with Crippen LogP contribution in [0.1, 0.15) is 20.3 Å². The van der Waals surface area contributed by atoms with Crippen LogP contribution in [0.3, 0.4) is 0 Å². The summed E-state index contributed by atoms with van der Waals surface area (Å²) < 4.78 is 0. The van der Waals surface area contributed by atoms with Crippen LogP contribution in [0.4, 0.5) is 0 Å². The van der Waals surface area contributed by atoms with Gasteiger partial charge in [-0.1, -0.05) is 19.9 Å². The Kier molecular flexibility index (Phi) is 4.19. The molecule has 0 bridgehead atoms. The zero-order valence-electron chi connectivity index (χ0n) is 8.09. The van der Waals surface area contributed by atoms with Crippen LogP contribution in [0.5, 0.6) is 0 Å². The van der Waals surface area contributed by atoms with E-state index in [1.165, 1.54) is 20.0 Å². The molecule has 0 unspecified atom stereocenters. The normalized spacial score (nSPS) is 20.6. The molecule has 0 spiro atoms. The number of allylic oxidation sites excluding steroid dienone is 1. The van der Waals surface area contributed by atoms with E-state index in [4.69, 9.17) is 0 Å². The van der Waals surface area contributed by atoms with E-state index in [0.717, 1.165) is 0 Å². The van der Waals surface area contributed by atoms with Crippen molar-refractivity contribution in [2.24, 2.45) is 11.1 Å². The van der Waals surface area contributed by atoms with Crippen LogP contribution in [0.2, 0.25) is 0 Å². The lowest BCUT2D eigenvalue weighted by atomic mass is 9.87. The van der Waals surface area contributed by atoms with Crippen molar-refractivity contribution in [2.45, 2.75) is 20.3 Å². The molecule has 0 aliphatic carbocycles. The molecule has 0 aromatic heterocycles. The van der Waals surface area contributed by atoms with Crippen LogP contribution >= 0.6 is 0 Å². The van der Waals surface area contributed by atoms with Gasteiger partial charge in [0.25, 0.3) is 0 Å². The van der Waals surface area contributed by atoms with Crippen LogP contribution in [-0.4, -0.2) is 25.5 Å². The van der Waals surface area contributed by atoms with E-state index in [1.807, 2.05) is 0 Å². The summed E-state index contributed by atoms with van der Waals surface area (Å²) in [7, 11) is 3.62. The lowest BCUT2D eigenvalue weighted by molar-refractivity contribution is 0.313. The summed E-state index contributed by atoms with van der Waals surface area (Å²) in [5.41, 5.74) is 4.94. The van der Waals surface area contributed by atoms with Crippen LogP contribution in [0.25, 0.3) is 0 Å². The molecule has 2 nitrogen and oxygen atoms in total. The van der Waals surface area contributed by atoms with Gasteiger partial charge in [0, 0.05) is 13.6 Å². The highest BCUT2D eigenvalue weighted by Gasteiger charge is 2.17. The highest BCUT2D eigenvalue weighted by molar-refractivity contribution is 4.98. The fourth-order valence-corrected chi connectivity index (χ4v) is 0.951. The topological polar surface area (TPSA) is 29.3 Å². The van der Waals surface area contributed by atoms with Crippen molar-refractivity contribution in [2.75, 3.05) is 20.6 Å². The summed E-state index contributed by atoms with van der Waals surface area (Å²) in [6, 6.07) is 0. The molecule has 0 saturated carbocycles. The minimum absolute atomic E-state index is 0.437. The Hall–Kier alpha value is -0.500. The molecule has 0 amide bonds. The molecule has 0 atom stereocenters. The molecule has 1 heterocycles. The van der Waals surface area contributed by atoms with Crippen molar-refractivity contribution in [3.8, 4) is 0 Å². The first-order valence-corrected chi connectivity index (χ1v) is 4.07. The Bertz CT molecular complexity index is 128. The second kappa shape index (κ2) is 4.39. The van der Waals surface area contributed by atoms with Crippen molar-refractivity contribution in [3.05, 3.63) is 12.3 Å². The predicted molar refractivity (Wildman–Crippen MR) is 50.3 cm³/mol. The molecule has 2 N–H and O–H groups in total. The third-order valence-corrected chi connectivity index (χ3v) is 1.89. The van der Waals surface area contributed by atoms with E-state index >= 15 is 0 Å². The van der Waals surface area contributed by atoms with Gasteiger partial charge in [-0.3, -0.25) is 0 Å². The Labute approximate surface area is 70.1 Å². The lowest BCUT2D eigenvalue weighted by Gasteiger charge is -2.29. The van der Waals surface area contributed by atoms with E-state index in [9.17, 15) is 0 Å². The van der Waals surface area contributed by atoms with Crippen molar-refractivity contribution < 1.29 is 0 Å². The third-order valence-electron chi connectivity index (χ3n) is 1.89. The molecule has 1 aliphatic heterocycles. The van der Waals surface area contributed by atoms with E-state index in [-0.39, 0.29) is 0 Å². The molecule has 2 heteroatoms. The standard InChI is InChI=1S/C8H15N.CH5N/c1-8(2)4-6-9(3)7-5-8;1-2/h4,6H,5,7H2,1-3H3;2H2,1H3. The molecule has 66 valence electrons. The zero-order valence-corrected chi connectivity index (χ0v) is 8.09. The maximum atomic E-state index is 4.50. The van der Waals surface area contributed by atoms with Gasteiger partial charge in [0.15, 0.2) is 0 Å². The molecule has 0 saturated heterocycles. The average molecular weight is 156 g/mol. The van der Waals surface area contributed by atoms with Crippen molar-refractivity contribution in [3.63, 3.8) is 0 Å². The number of nitrogens with zero attached hydrogens (tertiary/aromatic N) is 1. The lowest BCUT2D eigenvalue weighted by Crippen LogP contribution is -2.24. The van der Waals surface area contributed by atoms with Crippen LogP contribution in [0, 0.1) is 5.41 Å². The first-order valence-electron chi connectivity index (χ1n) is 4.07. The Morgan fingerprint density at radius 2 is 1.91 bits per heavy atom. The molecule has 0 aromatic rings. The summed E-state index contributed by atoms with van der Waals surface area (Å²) >= 11 is 0. The molecular formula is C9H20N2. The summed E-state index contributed by atoms with van der Waals surface area (Å²) in [5, 5.41) is 0. The smallest absolute Gasteiger partial charge is 0.0177 e. The van der Waals surface area contributed by atoms with Gasteiger partial charge in [-0.05, 0) is 25.1 Å². The minimum Gasteiger partial charge on any atom is -0.381 e. The SMILES string of the molecule is CN.CN1C=CC(C)(C)CC1. The quantitative estimate of drug-likeness (QED) is 0.575. The van der Waals surface area contributed by atoms with E-state index in [0.29, 0.717) is 5.41 Å². The van der Waals surface area contributed by atoms with Crippen LogP contribution < -0.4 is 5.73 Å². The summed E-state index contributed by atoms with van der Waals surface area (Å²) in [5.74, 6) is 0. The molecule has 1 rings (SSSR count). The Morgan fingerprint density at radius 3 is 2.18 bits per heavy atom. The molecule has 0 fully saturated rings. The number of nitrogens with two attached hydrogens (primary N) is 1. The maximum absolute atomic E-state index is 4.50. The number of rotatable bonds is 0. The van der Waals surface area contributed by atoms with Gasteiger partial charge in [-0.2, -0.15) is 0 Å². The second-order valence-corrected chi connectivity index (χ2v) is 3.53. The van der Waals surface area contributed by atoms with E-state index in [1.54, 1.807) is 0 Å². The Morgan fingerprint density at radius 1 is 1.36 bits per heavy atom. The largest absolute Gasteiger partial charge is 0.381 e. The molecular weight excluding hydrogens is 136 g/mol. The molecule has 11 heavy (non-hydrogen) atoms. The van der Waals surface area contributed by atoms with Crippen LogP contribution in [-0.2, 0) is 0 Å². The van der Waals surface area contributed by atoms with Gasteiger partial charge in [0.2, 0.25) is 0 Å². The summed E-state index contributed by atoms with van der Waals surface area (Å²) in [6.45, 7) is 5.75. The fourth-order valence-electron chi connectivity index (χ4n) is 0.951. The van der Waals surface area contributed by atoms with Gasteiger partial charge < -0.3 is 10.6 Å². The maximum Gasteiger partial charge on any atom is 0.0177 e. The van der Waals surface area contributed by atoms with Crippen molar-refractivity contribution in [1.29, 1.82) is 0 Å². The molecule has 1 aliphatic rings. The molecule has 0 aromatic carbocycles. The predicted octanol–water partition coefficient (Wildman–Crippen LogP) is 1.44. The van der Waals surface area contributed by atoms with Gasteiger partial charge >= 0.3 is 0 Å². The number of hydrogen-bond acceptors (Lipinski definition) is 2. The monoisotopic (exact) mass is 156 g/mol. The zero-order chi connectivity index (χ0) is 8.91. The Balaban J connectivity index is 0.000000461. The van der Waals surface area contributed by atoms with Gasteiger partial charge in [0.05, 0.1) is 0 Å². The third kappa shape index (κ3) is 4.04. The van der Waals surface area contributed by atoms with Crippen molar-refractivity contribution in [1.82, 2.24) is 4.90 Å². The van der Waals surface area contributed by atoms with E-state index in [2.05, 4.69) is 43.8 Å². The van der Waals surface area contributed by atoms with Gasteiger partial charge in [-0.15, -0.1) is 0 Å². The van der Waals surface area contributed by atoms with E-state index < -0.39 is 0 Å². The fraction of sp³-hybridized carbons (Fsp3) is 0.778.